The first kappa shape index (κ1) is 83.0. The summed E-state index contributed by atoms with van der Waals surface area (Å²) in [6.07, 6.45) is 82.7. The molecule has 10 heteroatoms. The number of nitrogens with one attached hydrogen (secondary N) is 1. The number of esters is 1. The van der Waals surface area contributed by atoms with Gasteiger partial charge in [0, 0.05) is 12.8 Å². The standard InChI is InChI=1S/C75H143N2O7P/c1-7-10-13-16-19-22-25-28-30-32-34-36-38-40-42-44-46-49-52-55-58-61-64-67-74(78)76-72(71-83-85(80,81)82-70-69-77(4,5)6)73(66-63-60-57-54-51-48-27-24-21-18-15-12-9-3)84-75(79)68-65-62-59-56-53-50-47-45-43-41-39-37-35-33-31-29-26-23-20-17-14-11-8-2/h19,22,28,30,34,36,63,66,72-73H,7-18,20-21,23-27,29,31-33,35,37-62,64-65,67-71H2,1-6H3,(H-,76,78,80,81)/p+1/b22-19-,30-28-,36-34-,66-63+. The Labute approximate surface area is 529 Å². The van der Waals surface area contributed by atoms with Crippen LogP contribution in [0.25, 0.3) is 0 Å². The smallest absolute Gasteiger partial charge is 0.456 e. The molecule has 3 unspecified atom stereocenters. The van der Waals surface area contributed by atoms with Crippen molar-refractivity contribution in [2.45, 2.75) is 380 Å². The minimum atomic E-state index is -4.46. The number of amides is 1. The van der Waals surface area contributed by atoms with E-state index >= 15 is 0 Å². The molecule has 0 aliphatic rings. The second-order valence-electron chi connectivity index (χ2n) is 26.5. The van der Waals surface area contributed by atoms with Crippen LogP contribution in [0, 0.1) is 0 Å². The summed E-state index contributed by atoms with van der Waals surface area (Å²) in [4.78, 5) is 38.0. The van der Waals surface area contributed by atoms with Gasteiger partial charge in [0.15, 0.2) is 0 Å². The Kier molecular flexibility index (Phi) is 63.4. The average molecular weight is 1220 g/mol. The SMILES string of the molecule is CCCCC/C=C\C/C=C\C/C=C\CCCCCCCCCCCCC(=O)NC(COP(=O)(O)OCC[N+](C)(C)C)C(/C=C/CCCCCCCCCCCCC)OC(=O)CCCCCCCCCCCCCCCCCCCCCCCCC. The number of quaternary nitrogens is 1. The summed E-state index contributed by atoms with van der Waals surface area (Å²) in [6, 6.07) is -0.850. The van der Waals surface area contributed by atoms with Gasteiger partial charge in [-0.05, 0) is 70.3 Å². The number of likely N-dealkylation sites (N-methyl/N-ethyl adjacent to an activating group) is 1. The lowest BCUT2D eigenvalue weighted by atomic mass is 10.0. The summed E-state index contributed by atoms with van der Waals surface area (Å²) in [5.74, 6) is -0.490. The van der Waals surface area contributed by atoms with Crippen LogP contribution >= 0.6 is 7.82 Å². The van der Waals surface area contributed by atoms with E-state index in [9.17, 15) is 19.0 Å². The molecule has 1 amide bonds. The zero-order valence-electron chi connectivity index (χ0n) is 57.4. The first-order valence-corrected chi connectivity index (χ1v) is 38.5. The predicted molar refractivity (Wildman–Crippen MR) is 369 cm³/mol. The number of phosphoric ester groups is 1. The van der Waals surface area contributed by atoms with Crippen molar-refractivity contribution in [3.63, 3.8) is 0 Å². The van der Waals surface area contributed by atoms with Gasteiger partial charge >= 0.3 is 13.8 Å². The summed E-state index contributed by atoms with van der Waals surface area (Å²) in [5.41, 5.74) is 0. The van der Waals surface area contributed by atoms with Gasteiger partial charge in [-0.25, -0.2) is 4.57 Å². The second kappa shape index (κ2) is 64.9. The van der Waals surface area contributed by atoms with Crippen molar-refractivity contribution in [2.24, 2.45) is 0 Å². The summed E-state index contributed by atoms with van der Waals surface area (Å²) in [7, 11) is 1.51. The number of carbonyl (C=O) groups is 2. The van der Waals surface area contributed by atoms with Crippen molar-refractivity contribution in [1.29, 1.82) is 0 Å². The van der Waals surface area contributed by atoms with E-state index in [1.165, 1.54) is 263 Å². The highest BCUT2D eigenvalue weighted by molar-refractivity contribution is 7.47. The fourth-order valence-electron chi connectivity index (χ4n) is 11.1. The van der Waals surface area contributed by atoms with E-state index in [0.717, 1.165) is 70.6 Å². The maximum Gasteiger partial charge on any atom is 0.472 e. The highest BCUT2D eigenvalue weighted by Gasteiger charge is 2.30. The van der Waals surface area contributed by atoms with E-state index < -0.39 is 20.0 Å². The Balaban J connectivity index is 5.06. The first-order valence-electron chi connectivity index (χ1n) is 37.0. The molecular formula is C75H144N2O7P+. The van der Waals surface area contributed by atoms with Crippen LogP contribution in [0.3, 0.4) is 0 Å². The van der Waals surface area contributed by atoms with Crippen LogP contribution in [0.4, 0.5) is 0 Å². The molecule has 0 aliphatic carbocycles. The lowest BCUT2D eigenvalue weighted by molar-refractivity contribution is -0.870. The highest BCUT2D eigenvalue weighted by Crippen LogP contribution is 2.43. The fourth-order valence-corrected chi connectivity index (χ4v) is 11.8. The molecule has 0 saturated heterocycles. The third-order valence-corrected chi connectivity index (χ3v) is 17.8. The molecule has 0 heterocycles. The van der Waals surface area contributed by atoms with E-state index in [1.807, 2.05) is 27.2 Å². The molecule has 85 heavy (non-hydrogen) atoms. The van der Waals surface area contributed by atoms with Gasteiger partial charge in [-0.1, -0.05) is 333 Å². The predicted octanol–water partition coefficient (Wildman–Crippen LogP) is 23.6. The molecule has 0 saturated carbocycles. The van der Waals surface area contributed by atoms with Crippen LogP contribution in [0.1, 0.15) is 367 Å². The first-order chi connectivity index (χ1) is 41.4. The molecule has 500 valence electrons. The Bertz CT molecular complexity index is 1590. The molecule has 0 aromatic rings. The van der Waals surface area contributed by atoms with Gasteiger partial charge in [0.05, 0.1) is 33.8 Å². The highest BCUT2D eigenvalue weighted by atomic mass is 31.2. The quantitative estimate of drug-likeness (QED) is 0.0205. The van der Waals surface area contributed by atoms with Crippen molar-refractivity contribution < 1.29 is 37.3 Å². The van der Waals surface area contributed by atoms with E-state index in [-0.39, 0.29) is 25.1 Å². The van der Waals surface area contributed by atoms with Crippen LogP contribution in [-0.2, 0) is 27.9 Å². The molecule has 2 N–H and O–H groups in total. The summed E-state index contributed by atoms with van der Waals surface area (Å²) in [6.45, 7) is 7.05. The van der Waals surface area contributed by atoms with Gasteiger partial charge in [-0.2, -0.15) is 0 Å². The molecule has 0 rings (SSSR count). The van der Waals surface area contributed by atoms with Crippen molar-refractivity contribution in [1.82, 2.24) is 5.32 Å². The fraction of sp³-hybridized carbons (Fsp3) is 0.867. The summed E-state index contributed by atoms with van der Waals surface area (Å²) in [5, 5.41) is 3.08. The number of rotatable bonds is 68. The number of hydrogen-bond acceptors (Lipinski definition) is 6. The molecule has 3 atom stereocenters. The lowest BCUT2D eigenvalue weighted by Crippen LogP contribution is -2.47. The number of phosphoric acid groups is 1. The Morgan fingerprint density at radius 1 is 0.412 bits per heavy atom. The number of hydrogen-bond donors (Lipinski definition) is 2. The molecular weight excluding hydrogens is 1070 g/mol. The Morgan fingerprint density at radius 3 is 1.09 bits per heavy atom. The average Bonchev–Trinajstić information content (AvgIpc) is 3.52. The topological polar surface area (TPSA) is 111 Å². The van der Waals surface area contributed by atoms with Gasteiger partial charge in [-0.15, -0.1) is 0 Å². The minimum absolute atomic E-state index is 0.0412. The van der Waals surface area contributed by atoms with Crippen molar-refractivity contribution in [2.75, 3.05) is 40.9 Å². The second-order valence-corrected chi connectivity index (χ2v) is 27.9. The van der Waals surface area contributed by atoms with Gasteiger partial charge in [0.25, 0.3) is 0 Å². The van der Waals surface area contributed by atoms with Crippen LogP contribution < -0.4 is 5.32 Å². The largest absolute Gasteiger partial charge is 0.472 e. The maximum atomic E-state index is 13.6. The molecule has 0 aromatic carbocycles. The number of allylic oxidation sites excluding steroid dienone is 7. The number of nitrogens with zero attached hydrogens (tertiary/aromatic N) is 1. The van der Waals surface area contributed by atoms with E-state index in [1.54, 1.807) is 0 Å². The van der Waals surface area contributed by atoms with E-state index in [0.29, 0.717) is 23.9 Å². The Hall–Kier alpha value is -2.03. The van der Waals surface area contributed by atoms with Crippen LogP contribution in [-0.4, -0.2) is 74.3 Å². The van der Waals surface area contributed by atoms with E-state index in [4.69, 9.17) is 13.8 Å². The van der Waals surface area contributed by atoms with Crippen LogP contribution in [0.5, 0.6) is 0 Å². The van der Waals surface area contributed by atoms with Gasteiger partial charge in [0.2, 0.25) is 5.91 Å². The molecule has 0 bridgehead atoms. The monoisotopic (exact) mass is 1220 g/mol. The van der Waals surface area contributed by atoms with Gasteiger partial charge in [-0.3, -0.25) is 18.6 Å². The number of carbonyl (C=O) groups excluding carboxylic acids is 2. The number of ether oxygens (including phenoxy) is 1. The van der Waals surface area contributed by atoms with Gasteiger partial charge < -0.3 is 19.4 Å². The molecule has 0 aliphatic heterocycles. The Morgan fingerprint density at radius 2 is 0.718 bits per heavy atom. The number of unbranched alkanes of at least 4 members (excludes halogenated alkanes) is 46. The molecule has 0 spiro atoms. The molecule has 9 nitrogen and oxygen atoms in total. The summed E-state index contributed by atoms with van der Waals surface area (Å²) >= 11 is 0. The third-order valence-electron chi connectivity index (χ3n) is 16.8. The van der Waals surface area contributed by atoms with Gasteiger partial charge in [0.1, 0.15) is 19.3 Å². The zero-order valence-corrected chi connectivity index (χ0v) is 58.3. The summed E-state index contributed by atoms with van der Waals surface area (Å²) < 4.78 is 30.9. The van der Waals surface area contributed by atoms with Crippen molar-refractivity contribution in [3.05, 3.63) is 48.6 Å². The molecule has 0 radical (unpaired) electrons. The van der Waals surface area contributed by atoms with Crippen molar-refractivity contribution >= 4 is 19.7 Å². The third kappa shape index (κ3) is 66.2. The zero-order chi connectivity index (χ0) is 62.1. The van der Waals surface area contributed by atoms with Crippen molar-refractivity contribution in [3.8, 4) is 0 Å². The van der Waals surface area contributed by atoms with Crippen LogP contribution in [0.2, 0.25) is 0 Å². The lowest BCUT2D eigenvalue weighted by Gasteiger charge is -2.27. The maximum absolute atomic E-state index is 13.6. The molecule has 0 aromatic heterocycles. The van der Waals surface area contributed by atoms with E-state index in [2.05, 4.69) is 68.6 Å². The minimum Gasteiger partial charge on any atom is -0.456 e. The van der Waals surface area contributed by atoms with Crippen LogP contribution in [0.15, 0.2) is 48.6 Å². The molecule has 0 fully saturated rings. The normalized spacial score (nSPS) is 13.7.